The van der Waals surface area contributed by atoms with Gasteiger partial charge in [0.05, 0.1) is 11.8 Å². The molecule has 1 atom stereocenters. The molecule has 20 heavy (non-hydrogen) atoms. The summed E-state index contributed by atoms with van der Waals surface area (Å²) in [4.78, 5) is 0. The highest BCUT2D eigenvalue weighted by Gasteiger charge is 2.62. The van der Waals surface area contributed by atoms with E-state index in [1.807, 2.05) is 0 Å². The van der Waals surface area contributed by atoms with Crippen LogP contribution in [0.15, 0.2) is 0 Å². The Labute approximate surface area is 115 Å². The average Bonchev–Trinajstić information content (AvgIpc) is 2.26. The summed E-state index contributed by atoms with van der Waals surface area (Å²) in [6, 6.07) is -2.83. The number of halogens is 5. The molecular formula is C10H19F5N2O2S. The first-order valence-electron chi connectivity index (χ1n) is 6.08. The topological polar surface area (TPSA) is 63.4 Å². The van der Waals surface area contributed by atoms with E-state index in [9.17, 15) is 30.4 Å². The van der Waals surface area contributed by atoms with Crippen molar-refractivity contribution in [3.8, 4) is 0 Å². The van der Waals surface area contributed by atoms with E-state index in [1.165, 1.54) is 0 Å². The van der Waals surface area contributed by atoms with Gasteiger partial charge >= 0.3 is 12.1 Å². The number of nitrogens with zero attached hydrogens (tertiary/aromatic N) is 1. The van der Waals surface area contributed by atoms with E-state index in [4.69, 9.17) is 5.73 Å². The van der Waals surface area contributed by atoms with Crippen molar-refractivity contribution in [3.05, 3.63) is 0 Å². The number of sulfonamides is 1. The molecule has 0 spiro atoms. The molecular weight excluding hydrogens is 307 g/mol. The van der Waals surface area contributed by atoms with Crippen LogP contribution in [0.25, 0.3) is 0 Å². The molecule has 2 N–H and O–H groups in total. The first-order chi connectivity index (χ1) is 8.90. The van der Waals surface area contributed by atoms with Crippen molar-refractivity contribution in [2.75, 3.05) is 18.8 Å². The van der Waals surface area contributed by atoms with Crippen LogP contribution in [0.3, 0.4) is 0 Å². The van der Waals surface area contributed by atoms with E-state index in [1.54, 1.807) is 13.8 Å². The van der Waals surface area contributed by atoms with Gasteiger partial charge in [-0.05, 0) is 12.8 Å². The van der Waals surface area contributed by atoms with E-state index >= 15 is 0 Å². The molecule has 0 aliphatic heterocycles. The normalized spacial score (nSPS) is 15.7. The van der Waals surface area contributed by atoms with Crippen molar-refractivity contribution >= 4 is 10.0 Å². The number of alkyl halides is 5. The van der Waals surface area contributed by atoms with Crippen LogP contribution < -0.4 is 5.73 Å². The third kappa shape index (κ3) is 4.81. The highest BCUT2D eigenvalue weighted by atomic mass is 32.2. The minimum Gasteiger partial charge on any atom is -0.321 e. The molecule has 0 aromatic rings. The fraction of sp³-hybridized carbons (Fsp3) is 1.00. The Morgan fingerprint density at radius 2 is 1.45 bits per heavy atom. The lowest BCUT2D eigenvalue weighted by molar-refractivity contribution is -0.287. The molecule has 1 unspecified atom stereocenters. The summed E-state index contributed by atoms with van der Waals surface area (Å²) in [6.45, 7) is 3.45. The molecule has 0 aliphatic carbocycles. The lowest BCUT2D eigenvalue weighted by Gasteiger charge is -2.28. The molecule has 0 aliphatic rings. The van der Waals surface area contributed by atoms with Gasteiger partial charge in [-0.1, -0.05) is 13.8 Å². The van der Waals surface area contributed by atoms with E-state index in [2.05, 4.69) is 0 Å². The van der Waals surface area contributed by atoms with Crippen molar-refractivity contribution in [2.45, 2.75) is 44.8 Å². The molecule has 10 heteroatoms. The van der Waals surface area contributed by atoms with Crippen LogP contribution in [0.2, 0.25) is 0 Å². The fourth-order valence-electron chi connectivity index (χ4n) is 1.54. The zero-order valence-electron chi connectivity index (χ0n) is 11.3. The molecule has 122 valence electrons. The Bertz CT molecular complexity index is 391. The largest absolute Gasteiger partial charge is 0.454 e. The van der Waals surface area contributed by atoms with Gasteiger partial charge in [0, 0.05) is 13.1 Å². The van der Waals surface area contributed by atoms with Crippen molar-refractivity contribution in [3.63, 3.8) is 0 Å². The van der Waals surface area contributed by atoms with Crippen LogP contribution in [0.5, 0.6) is 0 Å². The van der Waals surface area contributed by atoms with Gasteiger partial charge in [0.15, 0.2) is 0 Å². The van der Waals surface area contributed by atoms with Crippen molar-refractivity contribution in [1.29, 1.82) is 0 Å². The second kappa shape index (κ2) is 6.99. The molecule has 0 saturated heterocycles. The lowest BCUT2D eigenvalue weighted by atomic mass is 10.2. The molecule has 0 rings (SSSR count). The number of hydrogen-bond acceptors (Lipinski definition) is 3. The molecule has 0 radical (unpaired) electrons. The molecule has 0 saturated carbocycles. The number of nitrogens with two attached hydrogens (primary N) is 1. The minimum absolute atomic E-state index is 0.0560. The summed E-state index contributed by atoms with van der Waals surface area (Å²) >= 11 is 0. The van der Waals surface area contributed by atoms with Crippen molar-refractivity contribution in [1.82, 2.24) is 4.31 Å². The highest BCUT2D eigenvalue weighted by Crippen LogP contribution is 2.37. The Morgan fingerprint density at radius 1 is 1.05 bits per heavy atom. The van der Waals surface area contributed by atoms with Crippen LogP contribution in [0, 0.1) is 0 Å². The van der Waals surface area contributed by atoms with Gasteiger partial charge in [-0.15, -0.1) is 0 Å². The maximum atomic E-state index is 13.0. The second-order valence-electron chi connectivity index (χ2n) is 4.40. The first-order valence-corrected chi connectivity index (χ1v) is 7.69. The van der Waals surface area contributed by atoms with Crippen LogP contribution in [-0.4, -0.2) is 49.7 Å². The Hall–Kier alpha value is -0.480. The van der Waals surface area contributed by atoms with Crippen molar-refractivity contribution < 1.29 is 30.4 Å². The standard InChI is InChI=1S/C10H19F5N2O2S/c1-3-5-17(6-4-2)20(18,19)7-8(16)9(11,12)10(13,14)15/h8H,3-7,16H2,1-2H3. The van der Waals surface area contributed by atoms with Gasteiger partial charge in [0.2, 0.25) is 10.0 Å². The molecule has 0 aromatic carbocycles. The second-order valence-corrected chi connectivity index (χ2v) is 6.42. The van der Waals surface area contributed by atoms with Gasteiger partial charge < -0.3 is 5.73 Å². The third-order valence-electron chi connectivity index (χ3n) is 2.57. The maximum Gasteiger partial charge on any atom is 0.454 e. The van der Waals surface area contributed by atoms with Gasteiger partial charge in [-0.2, -0.15) is 22.0 Å². The van der Waals surface area contributed by atoms with E-state index in [0.717, 1.165) is 4.31 Å². The van der Waals surface area contributed by atoms with Gasteiger partial charge in [0.25, 0.3) is 0 Å². The quantitative estimate of drug-likeness (QED) is 0.694. The summed E-state index contributed by atoms with van der Waals surface area (Å²) in [5.41, 5.74) is 4.78. The highest BCUT2D eigenvalue weighted by molar-refractivity contribution is 7.89. The monoisotopic (exact) mass is 326 g/mol. The zero-order chi connectivity index (χ0) is 16.2. The van der Waals surface area contributed by atoms with E-state index in [0.29, 0.717) is 12.8 Å². The first kappa shape index (κ1) is 19.5. The predicted octanol–water partition coefficient (Wildman–Crippen LogP) is 1.96. The smallest absolute Gasteiger partial charge is 0.321 e. The molecule has 0 heterocycles. The molecule has 0 aromatic heterocycles. The third-order valence-corrected chi connectivity index (χ3v) is 4.51. The van der Waals surface area contributed by atoms with Crippen LogP contribution in [-0.2, 0) is 10.0 Å². The average molecular weight is 326 g/mol. The predicted molar refractivity (Wildman–Crippen MR) is 64.9 cm³/mol. The summed E-state index contributed by atoms with van der Waals surface area (Å²) in [6.07, 6.45) is -5.03. The van der Waals surface area contributed by atoms with Crippen molar-refractivity contribution in [2.24, 2.45) is 5.73 Å². The fourth-order valence-corrected chi connectivity index (χ4v) is 3.33. The van der Waals surface area contributed by atoms with Crippen LogP contribution in [0.1, 0.15) is 26.7 Å². The molecule has 0 bridgehead atoms. The SMILES string of the molecule is CCCN(CCC)S(=O)(=O)CC(N)C(F)(F)C(F)(F)F. The van der Waals surface area contributed by atoms with E-state index in [-0.39, 0.29) is 13.1 Å². The van der Waals surface area contributed by atoms with Crippen LogP contribution >= 0.6 is 0 Å². The summed E-state index contributed by atoms with van der Waals surface area (Å²) in [5, 5.41) is 0. The number of hydrogen-bond donors (Lipinski definition) is 1. The van der Waals surface area contributed by atoms with Gasteiger partial charge in [-0.3, -0.25) is 0 Å². The maximum absolute atomic E-state index is 13.0. The van der Waals surface area contributed by atoms with Gasteiger partial charge in [-0.25, -0.2) is 12.7 Å². The Balaban J connectivity index is 5.08. The lowest BCUT2D eigenvalue weighted by Crippen LogP contribution is -2.56. The van der Waals surface area contributed by atoms with E-state index < -0.39 is 33.9 Å². The molecule has 4 nitrogen and oxygen atoms in total. The molecule has 0 fully saturated rings. The van der Waals surface area contributed by atoms with Crippen LogP contribution in [0.4, 0.5) is 22.0 Å². The Morgan fingerprint density at radius 3 is 1.75 bits per heavy atom. The molecule has 0 amide bonds. The zero-order valence-corrected chi connectivity index (χ0v) is 12.1. The number of rotatable bonds is 8. The van der Waals surface area contributed by atoms with Gasteiger partial charge in [0.1, 0.15) is 0 Å². The minimum atomic E-state index is -5.87. The summed E-state index contributed by atoms with van der Waals surface area (Å²) in [7, 11) is -4.26. The Kier molecular flexibility index (Phi) is 6.82. The summed E-state index contributed by atoms with van der Waals surface area (Å²) < 4.78 is 86.8. The summed E-state index contributed by atoms with van der Waals surface area (Å²) in [5.74, 6) is -6.69.